The van der Waals surface area contributed by atoms with Crippen molar-refractivity contribution >= 4 is 28.8 Å². The Balaban J connectivity index is 2.16. The highest BCUT2D eigenvalue weighted by molar-refractivity contribution is 7.80. The molecule has 0 aliphatic heterocycles. The van der Waals surface area contributed by atoms with E-state index in [1.807, 2.05) is 44.2 Å². The van der Waals surface area contributed by atoms with E-state index in [1.165, 1.54) is 0 Å². The molecule has 0 saturated heterocycles. The van der Waals surface area contributed by atoms with Crippen molar-refractivity contribution in [3.05, 3.63) is 64.7 Å². The van der Waals surface area contributed by atoms with Crippen LogP contribution in [-0.2, 0) is 11.2 Å². The van der Waals surface area contributed by atoms with Crippen LogP contribution in [0, 0.1) is 13.8 Å². The number of amides is 1. The Morgan fingerprint density at radius 2 is 1.90 bits per heavy atom. The maximum absolute atomic E-state index is 12.2. The number of carbonyl (C=O) groups excluding carboxylic acids is 1. The largest absolute Gasteiger partial charge is 0.389 e. The molecule has 21 heavy (non-hydrogen) atoms. The molecule has 2 rings (SSSR count). The van der Waals surface area contributed by atoms with Gasteiger partial charge in [0.2, 0.25) is 5.91 Å². The number of hydrogen-bond donors (Lipinski definition) is 2. The fourth-order valence-electron chi connectivity index (χ4n) is 2.17. The first kappa shape index (κ1) is 15.2. The van der Waals surface area contributed by atoms with Crippen molar-refractivity contribution in [3.63, 3.8) is 0 Å². The molecule has 0 spiro atoms. The van der Waals surface area contributed by atoms with Crippen LogP contribution in [0.5, 0.6) is 0 Å². The quantitative estimate of drug-likeness (QED) is 0.853. The molecule has 0 saturated carbocycles. The molecule has 1 amide bonds. The van der Waals surface area contributed by atoms with Gasteiger partial charge in [0.1, 0.15) is 4.99 Å². The summed E-state index contributed by atoms with van der Waals surface area (Å²) < 4.78 is 0. The van der Waals surface area contributed by atoms with E-state index >= 15 is 0 Å². The molecule has 0 radical (unpaired) electrons. The number of anilines is 1. The molecule has 0 bridgehead atoms. The van der Waals surface area contributed by atoms with E-state index in [2.05, 4.69) is 5.32 Å². The Morgan fingerprint density at radius 1 is 1.19 bits per heavy atom. The molecule has 0 unspecified atom stereocenters. The lowest BCUT2D eigenvalue weighted by molar-refractivity contribution is -0.115. The van der Waals surface area contributed by atoms with Crippen LogP contribution in [0.1, 0.15) is 22.3 Å². The van der Waals surface area contributed by atoms with Gasteiger partial charge in [-0.2, -0.15) is 0 Å². The lowest BCUT2D eigenvalue weighted by Crippen LogP contribution is -2.19. The van der Waals surface area contributed by atoms with Crippen LogP contribution in [-0.4, -0.2) is 10.9 Å². The molecular weight excluding hydrogens is 280 g/mol. The Labute approximate surface area is 130 Å². The highest BCUT2D eigenvalue weighted by Crippen LogP contribution is 2.16. The van der Waals surface area contributed by atoms with Crippen LogP contribution >= 0.6 is 12.2 Å². The molecule has 108 valence electrons. The minimum Gasteiger partial charge on any atom is -0.389 e. The molecule has 0 aliphatic carbocycles. The zero-order valence-corrected chi connectivity index (χ0v) is 13.0. The molecule has 3 N–H and O–H groups in total. The summed E-state index contributed by atoms with van der Waals surface area (Å²) in [7, 11) is 0. The van der Waals surface area contributed by atoms with E-state index in [4.69, 9.17) is 18.0 Å². The van der Waals surface area contributed by atoms with Gasteiger partial charge >= 0.3 is 0 Å². The average molecular weight is 298 g/mol. The van der Waals surface area contributed by atoms with Gasteiger partial charge in [-0.3, -0.25) is 4.79 Å². The standard InChI is InChI=1S/C17H18N2OS/c1-11-7-8-12(2)13(9-11)10-16(20)19-15-6-4-3-5-14(15)17(18)21/h3-9H,10H2,1-2H3,(H2,18,21)(H,19,20). The summed E-state index contributed by atoms with van der Waals surface area (Å²) in [6, 6.07) is 13.4. The smallest absolute Gasteiger partial charge is 0.228 e. The van der Waals surface area contributed by atoms with Gasteiger partial charge < -0.3 is 11.1 Å². The normalized spacial score (nSPS) is 10.2. The number of carbonyl (C=O) groups is 1. The molecule has 0 aromatic heterocycles. The summed E-state index contributed by atoms with van der Waals surface area (Å²) in [5.74, 6) is -0.0765. The van der Waals surface area contributed by atoms with Gasteiger partial charge in [-0.15, -0.1) is 0 Å². The molecule has 0 heterocycles. The SMILES string of the molecule is Cc1ccc(C)c(CC(=O)Nc2ccccc2C(N)=S)c1. The van der Waals surface area contributed by atoms with Gasteiger partial charge in [0.25, 0.3) is 0 Å². The summed E-state index contributed by atoms with van der Waals surface area (Å²) in [6.45, 7) is 4.02. The van der Waals surface area contributed by atoms with Gasteiger partial charge in [-0.05, 0) is 37.1 Å². The number of para-hydroxylation sites is 1. The number of aryl methyl sites for hydroxylation is 2. The number of rotatable bonds is 4. The van der Waals surface area contributed by atoms with Gasteiger partial charge in [0.15, 0.2) is 0 Å². The van der Waals surface area contributed by atoms with Crippen LogP contribution in [0.15, 0.2) is 42.5 Å². The third kappa shape index (κ3) is 3.89. The van der Waals surface area contributed by atoms with Gasteiger partial charge in [-0.1, -0.05) is 48.1 Å². The first-order valence-corrected chi connectivity index (χ1v) is 7.13. The molecule has 0 atom stereocenters. The first-order valence-electron chi connectivity index (χ1n) is 6.72. The van der Waals surface area contributed by atoms with Crippen LogP contribution in [0.4, 0.5) is 5.69 Å². The van der Waals surface area contributed by atoms with E-state index in [1.54, 1.807) is 12.1 Å². The first-order chi connectivity index (χ1) is 9.97. The second kappa shape index (κ2) is 6.50. The molecule has 2 aromatic carbocycles. The third-order valence-electron chi connectivity index (χ3n) is 3.32. The molecule has 0 fully saturated rings. The van der Waals surface area contributed by atoms with Crippen LogP contribution in [0.25, 0.3) is 0 Å². The van der Waals surface area contributed by atoms with Crippen molar-refractivity contribution in [1.29, 1.82) is 0 Å². The van der Waals surface area contributed by atoms with Crippen LogP contribution in [0.3, 0.4) is 0 Å². The predicted octanol–water partition coefficient (Wildman–Crippen LogP) is 3.12. The maximum atomic E-state index is 12.2. The molecule has 2 aromatic rings. The molecule has 4 heteroatoms. The lowest BCUT2D eigenvalue weighted by atomic mass is 10.0. The van der Waals surface area contributed by atoms with E-state index in [0.29, 0.717) is 17.7 Å². The van der Waals surface area contributed by atoms with Crippen molar-refractivity contribution in [2.75, 3.05) is 5.32 Å². The molecular formula is C17H18N2OS. The monoisotopic (exact) mass is 298 g/mol. The van der Waals surface area contributed by atoms with E-state index in [-0.39, 0.29) is 10.9 Å². The fraction of sp³-hybridized carbons (Fsp3) is 0.176. The minimum atomic E-state index is -0.0765. The zero-order valence-electron chi connectivity index (χ0n) is 12.1. The van der Waals surface area contributed by atoms with E-state index in [0.717, 1.165) is 16.7 Å². The van der Waals surface area contributed by atoms with Gasteiger partial charge in [0.05, 0.1) is 12.1 Å². The fourth-order valence-corrected chi connectivity index (χ4v) is 2.34. The highest BCUT2D eigenvalue weighted by atomic mass is 32.1. The number of nitrogens with one attached hydrogen (secondary N) is 1. The van der Waals surface area contributed by atoms with Crippen molar-refractivity contribution in [2.24, 2.45) is 5.73 Å². The summed E-state index contributed by atoms with van der Waals surface area (Å²) in [4.78, 5) is 12.5. The van der Waals surface area contributed by atoms with Crippen molar-refractivity contribution in [3.8, 4) is 0 Å². The maximum Gasteiger partial charge on any atom is 0.228 e. The number of thiocarbonyl (C=S) groups is 1. The number of nitrogens with two attached hydrogens (primary N) is 1. The Kier molecular flexibility index (Phi) is 4.70. The Morgan fingerprint density at radius 3 is 2.62 bits per heavy atom. The van der Waals surface area contributed by atoms with E-state index in [9.17, 15) is 4.79 Å². The van der Waals surface area contributed by atoms with Crippen LogP contribution < -0.4 is 11.1 Å². The topological polar surface area (TPSA) is 55.1 Å². The summed E-state index contributed by atoms with van der Waals surface area (Å²) in [5, 5.41) is 2.88. The molecule has 3 nitrogen and oxygen atoms in total. The highest BCUT2D eigenvalue weighted by Gasteiger charge is 2.10. The third-order valence-corrected chi connectivity index (χ3v) is 3.54. The summed E-state index contributed by atoms with van der Waals surface area (Å²) in [5.41, 5.74) is 10.3. The van der Waals surface area contributed by atoms with Crippen molar-refractivity contribution in [2.45, 2.75) is 20.3 Å². The predicted molar refractivity (Wildman–Crippen MR) is 90.6 cm³/mol. The molecule has 0 aliphatic rings. The minimum absolute atomic E-state index is 0.0765. The summed E-state index contributed by atoms with van der Waals surface area (Å²) in [6.07, 6.45) is 0.333. The van der Waals surface area contributed by atoms with Gasteiger partial charge in [-0.25, -0.2) is 0 Å². The average Bonchev–Trinajstić information content (AvgIpc) is 2.43. The second-order valence-electron chi connectivity index (χ2n) is 5.06. The summed E-state index contributed by atoms with van der Waals surface area (Å²) >= 11 is 5.00. The Bertz CT molecular complexity index is 695. The van der Waals surface area contributed by atoms with Gasteiger partial charge in [0, 0.05) is 5.56 Å². The van der Waals surface area contributed by atoms with Crippen LogP contribution in [0.2, 0.25) is 0 Å². The van der Waals surface area contributed by atoms with Crippen molar-refractivity contribution in [1.82, 2.24) is 0 Å². The van der Waals surface area contributed by atoms with Crippen molar-refractivity contribution < 1.29 is 4.79 Å². The van der Waals surface area contributed by atoms with E-state index < -0.39 is 0 Å². The zero-order chi connectivity index (χ0) is 15.4. The lowest BCUT2D eigenvalue weighted by Gasteiger charge is -2.11. The number of hydrogen-bond acceptors (Lipinski definition) is 2. The number of benzene rings is 2. The Hall–Kier alpha value is -2.20. The second-order valence-corrected chi connectivity index (χ2v) is 5.50.